The maximum absolute atomic E-state index is 8.55. The molecule has 4 nitrogen and oxygen atoms in total. The van der Waals surface area contributed by atoms with Crippen molar-refractivity contribution in [2.75, 3.05) is 0 Å². The average molecular weight is 209 g/mol. The second-order valence-corrected chi connectivity index (χ2v) is 1.34. The first-order valence-corrected chi connectivity index (χ1v) is 2.19. The van der Waals surface area contributed by atoms with Crippen molar-refractivity contribution in [1.29, 1.82) is 0 Å². The predicted molar refractivity (Wildman–Crippen MR) is 7.61 cm³/mol. The first kappa shape index (κ1) is 16.0. The molecule has 0 aromatic rings. The fraction of sp³-hybridized carbons (Fsp3) is 0. The van der Waals surface area contributed by atoms with Crippen LogP contribution in [0.5, 0.6) is 0 Å². The van der Waals surface area contributed by atoms with E-state index in [-0.39, 0.29) is 55.8 Å². The van der Waals surface area contributed by atoms with Crippen molar-refractivity contribution >= 4 is 7.82 Å². The van der Waals surface area contributed by atoms with E-state index >= 15 is 0 Å². The molecule has 0 radical (unpaired) electrons. The quantitative estimate of drug-likeness (QED) is 0.294. The van der Waals surface area contributed by atoms with E-state index in [1.165, 1.54) is 0 Å². The summed E-state index contributed by atoms with van der Waals surface area (Å²) in [6.07, 6.45) is 0. The molecule has 0 rings (SSSR count). The minimum Gasteiger partial charge on any atom is -0.822 e. The smallest absolute Gasteiger partial charge is 0.822 e. The predicted octanol–water partition coefficient (Wildman–Crippen LogP) is -5.82. The molecule has 7 heavy (non-hydrogen) atoms. The normalized spacial score (nSPS) is 8.43. The number of hydrogen-bond donors (Lipinski definition) is 0. The van der Waals surface area contributed by atoms with Gasteiger partial charge in [0.2, 0.25) is 0 Å². The summed E-state index contributed by atoms with van der Waals surface area (Å²) in [7, 11) is -5.39. The summed E-state index contributed by atoms with van der Waals surface area (Å²) in [5.74, 6) is 0. The molecule has 0 aromatic heterocycles. The fourth-order valence-corrected chi connectivity index (χ4v) is 0. The first-order chi connectivity index (χ1) is 2.00. The van der Waals surface area contributed by atoms with Crippen LogP contribution in [0.3, 0.4) is 0 Å². The molecule has 0 aliphatic rings. The maximum atomic E-state index is 8.55. The van der Waals surface area contributed by atoms with Crippen molar-refractivity contribution in [3.63, 3.8) is 0 Å². The molecule has 0 heterocycles. The molecule has 7 heteroatoms. The molecule has 0 spiro atoms. The van der Waals surface area contributed by atoms with Crippen LogP contribution in [0.2, 0.25) is 0 Å². The Balaban J connectivity index is -0.0000000800. The number of rotatable bonds is 0. The van der Waals surface area contributed by atoms with E-state index < -0.39 is 7.82 Å². The van der Waals surface area contributed by atoms with Crippen molar-refractivity contribution in [2.24, 2.45) is 0 Å². The molecule has 0 atom stereocenters. The van der Waals surface area contributed by atoms with Gasteiger partial charge in [-0.25, -0.2) is 0 Å². The Morgan fingerprint density at radius 3 is 1.14 bits per heavy atom. The van der Waals surface area contributed by atoms with E-state index in [1.54, 1.807) is 0 Å². The zero-order chi connectivity index (χ0) is 4.50. The van der Waals surface area contributed by atoms with Crippen LogP contribution in [0.1, 0.15) is 0 Å². The largest absolute Gasteiger partial charge is 2.00 e. The topological polar surface area (TPSA) is 86.2 Å². The second kappa shape index (κ2) is 6.12. The van der Waals surface area contributed by atoms with Gasteiger partial charge in [-0.2, -0.15) is 7.82 Å². The van der Waals surface area contributed by atoms with Gasteiger partial charge < -0.3 is 19.2 Å². The van der Waals surface area contributed by atoms with Crippen molar-refractivity contribution in [3.8, 4) is 0 Å². The SMILES string of the molecule is O=P([O-])([O-])[O-].[Na+].[Zr+2]. The molecule has 0 N–H and O–H groups in total. The Labute approximate surface area is 82.0 Å². The van der Waals surface area contributed by atoms with E-state index in [1.807, 2.05) is 0 Å². The van der Waals surface area contributed by atoms with Gasteiger partial charge in [0.25, 0.3) is 0 Å². The molecule has 34 valence electrons. The molecule has 0 bridgehead atoms. The summed E-state index contributed by atoms with van der Waals surface area (Å²) < 4.78 is 8.55. The molecule has 0 amide bonds. The van der Waals surface area contributed by atoms with Crippen molar-refractivity contribution in [3.05, 3.63) is 0 Å². The van der Waals surface area contributed by atoms with Gasteiger partial charge in [-0.1, -0.05) is 0 Å². The summed E-state index contributed by atoms with van der Waals surface area (Å²) in [5, 5.41) is 0. The molecule has 0 fully saturated rings. The van der Waals surface area contributed by atoms with E-state index in [4.69, 9.17) is 19.2 Å². The summed E-state index contributed by atoms with van der Waals surface area (Å²) in [4.78, 5) is 25.6. The van der Waals surface area contributed by atoms with Crippen LogP contribution in [0.4, 0.5) is 0 Å². The van der Waals surface area contributed by atoms with Gasteiger partial charge in [-0.3, -0.25) is 0 Å². The zero-order valence-electron chi connectivity index (χ0n) is 3.58. The van der Waals surface area contributed by atoms with Crippen LogP contribution in [0.15, 0.2) is 0 Å². The number of hydrogen-bond acceptors (Lipinski definition) is 4. The number of phosphoric acid groups is 1. The monoisotopic (exact) mass is 208 g/mol. The van der Waals surface area contributed by atoms with Crippen LogP contribution in [-0.2, 0) is 30.8 Å². The Bertz CT molecular complexity index is 57.8. The van der Waals surface area contributed by atoms with Crippen LogP contribution in [0, 0.1) is 0 Å². The third kappa shape index (κ3) is 72.3. The molecule has 0 unspecified atom stereocenters. The van der Waals surface area contributed by atoms with Gasteiger partial charge in [-0.15, -0.1) is 0 Å². The van der Waals surface area contributed by atoms with E-state index in [2.05, 4.69) is 0 Å². The van der Waals surface area contributed by atoms with Gasteiger partial charge in [0.05, 0.1) is 0 Å². The summed E-state index contributed by atoms with van der Waals surface area (Å²) >= 11 is 0. The Kier molecular flexibility index (Phi) is 14.0. The van der Waals surface area contributed by atoms with Crippen molar-refractivity contribution in [2.45, 2.75) is 0 Å². The van der Waals surface area contributed by atoms with Crippen LogP contribution in [0.25, 0.3) is 0 Å². The van der Waals surface area contributed by atoms with E-state index in [0.717, 1.165) is 0 Å². The molecule has 0 saturated heterocycles. The van der Waals surface area contributed by atoms with Crippen molar-refractivity contribution in [1.82, 2.24) is 0 Å². The minimum absolute atomic E-state index is 0. The van der Waals surface area contributed by atoms with Gasteiger partial charge in [0.15, 0.2) is 0 Å². The molecular weight excluding hydrogens is 209 g/mol. The average Bonchev–Trinajstić information content (AvgIpc) is 0.722. The first-order valence-electron chi connectivity index (χ1n) is 0.730. The van der Waals surface area contributed by atoms with Gasteiger partial charge in [-0.05, 0) is 0 Å². The third-order valence-electron chi connectivity index (χ3n) is 0. The van der Waals surface area contributed by atoms with Crippen molar-refractivity contribution < 1.29 is 75.0 Å². The summed E-state index contributed by atoms with van der Waals surface area (Å²) in [6, 6.07) is 0. The van der Waals surface area contributed by atoms with Gasteiger partial charge in [0, 0.05) is 0 Å². The fourth-order valence-electron chi connectivity index (χ4n) is 0. The minimum atomic E-state index is -5.39. The van der Waals surface area contributed by atoms with E-state index in [9.17, 15) is 0 Å². The zero-order valence-corrected chi connectivity index (χ0v) is 8.93. The Morgan fingerprint density at radius 2 is 1.14 bits per heavy atom. The van der Waals surface area contributed by atoms with Crippen LogP contribution < -0.4 is 44.2 Å². The maximum Gasteiger partial charge on any atom is 2.00 e. The van der Waals surface area contributed by atoms with Crippen LogP contribution >= 0.6 is 7.82 Å². The standard InChI is InChI=1S/Na.H3O4P.Zr/c;1-5(2,3)4;/h;(H3,1,2,3,4);/q+1;;+2/p-3. The summed E-state index contributed by atoms with van der Waals surface area (Å²) in [5.41, 5.74) is 0. The van der Waals surface area contributed by atoms with Crippen LogP contribution in [-0.4, -0.2) is 0 Å². The van der Waals surface area contributed by atoms with Gasteiger partial charge >= 0.3 is 55.8 Å². The third-order valence-corrected chi connectivity index (χ3v) is 0. The molecule has 0 saturated carbocycles. The summed E-state index contributed by atoms with van der Waals surface area (Å²) in [6.45, 7) is 0. The Hall–Kier alpha value is 1.99. The van der Waals surface area contributed by atoms with E-state index in [0.29, 0.717) is 0 Å². The Morgan fingerprint density at radius 1 is 1.14 bits per heavy atom. The van der Waals surface area contributed by atoms with Gasteiger partial charge in [0.1, 0.15) is 0 Å². The molecule has 0 aliphatic carbocycles. The second-order valence-electron chi connectivity index (χ2n) is 0.447. The molecular formula is NaO4PZr. The molecule has 0 aromatic carbocycles. The molecule has 0 aliphatic heterocycles.